The summed E-state index contributed by atoms with van der Waals surface area (Å²) in [6, 6.07) is 13.2. The van der Waals surface area contributed by atoms with Gasteiger partial charge in [-0.15, -0.1) is 5.10 Å². The number of amides is 1. The lowest BCUT2D eigenvalue weighted by atomic mass is 10.1. The largest absolute Gasteiger partial charge is 0.465 e. The molecular weight excluding hydrogens is 465 g/mol. The summed E-state index contributed by atoms with van der Waals surface area (Å²) in [4.78, 5) is 31.4. The standard InChI is InChI=1S/C25H26FN7O3/c1-3-4-9-22-27-14-21(32(22)15-17-10-12-18(13-11-17)24(35)36-2)23(34)33(25-28-30-31-29-25)16-19-7-5-6-8-20(19)26/h5-8,10-14H,3-4,9,15-16H2,1-2H3,(H,28,29,30,31). The van der Waals surface area contributed by atoms with Crippen molar-refractivity contribution >= 4 is 17.8 Å². The Morgan fingerprint density at radius 2 is 1.92 bits per heavy atom. The summed E-state index contributed by atoms with van der Waals surface area (Å²) < 4.78 is 21.0. The number of H-pyrrole nitrogens is 1. The fourth-order valence-corrected chi connectivity index (χ4v) is 3.78. The van der Waals surface area contributed by atoms with E-state index >= 15 is 0 Å². The van der Waals surface area contributed by atoms with Gasteiger partial charge in [0.05, 0.1) is 25.4 Å². The van der Waals surface area contributed by atoms with Crippen molar-refractivity contribution in [3.63, 3.8) is 0 Å². The maximum absolute atomic E-state index is 14.4. The van der Waals surface area contributed by atoms with Gasteiger partial charge in [-0.25, -0.2) is 14.2 Å². The van der Waals surface area contributed by atoms with Crippen LogP contribution in [-0.4, -0.2) is 49.2 Å². The molecule has 0 saturated carbocycles. The number of hydrogen-bond donors (Lipinski definition) is 1. The second-order valence-corrected chi connectivity index (χ2v) is 8.13. The number of anilines is 1. The number of imidazole rings is 1. The smallest absolute Gasteiger partial charge is 0.337 e. The van der Waals surface area contributed by atoms with E-state index in [1.165, 1.54) is 24.3 Å². The number of carbonyl (C=O) groups excluding carboxylic acids is 2. The molecule has 2 aromatic carbocycles. The highest BCUT2D eigenvalue weighted by Crippen LogP contribution is 2.20. The Hall–Kier alpha value is -4.41. The normalized spacial score (nSPS) is 10.9. The molecule has 2 aromatic heterocycles. The second kappa shape index (κ2) is 11.3. The fraction of sp³-hybridized carbons (Fsp3) is 0.280. The number of ether oxygens (including phenoxy) is 1. The highest BCUT2D eigenvalue weighted by molar-refractivity contribution is 6.03. The predicted octanol–water partition coefficient (Wildman–Crippen LogP) is 3.56. The molecule has 0 radical (unpaired) electrons. The maximum Gasteiger partial charge on any atom is 0.337 e. The lowest BCUT2D eigenvalue weighted by molar-refractivity contribution is 0.0600. The zero-order valence-corrected chi connectivity index (χ0v) is 20.0. The van der Waals surface area contributed by atoms with Gasteiger partial charge in [-0.1, -0.05) is 48.8 Å². The first-order valence-electron chi connectivity index (χ1n) is 11.5. The SMILES string of the molecule is CCCCc1ncc(C(=O)N(Cc2ccccc2F)c2nn[nH]n2)n1Cc1ccc(C(=O)OC)cc1. The number of rotatable bonds is 10. The van der Waals surface area contributed by atoms with Gasteiger partial charge < -0.3 is 9.30 Å². The van der Waals surface area contributed by atoms with E-state index in [4.69, 9.17) is 4.74 Å². The predicted molar refractivity (Wildman–Crippen MR) is 129 cm³/mol. The van der Waals surface area contributed by atoms with Gasteiger partial charge in [-0.2, -0.15) is 5.21 Å². The van der Waals surface area contributed by atoms with Crippen molar-refractivity contribution in [1.29, 1.82) is 0 Å². The van der Waals surface area contributed by atoms with Crippen molar-refractivity contribution in [2.45, 2.75) is 39.3 Å². The number of nitrogens with one attached hydrogen (secondary N) is 1. The number of tetrazole rings is 1. The van der Waals surface area contributed by atoms with Crippen molar-refractivity contribution in [1.82, 2.24) is 30.2 Å². The van der Waals surface area contributed by atoms with Crippen LogP contribution in [0.3, 0.4) is 0 Å². The van der Waals surface area contributed by atoms with E-state index in [-0.39, 0.29) is 12.5 Å². The molecule has 0 aliphatic rings. The molecule has 0 saturated heterocycles. The molecule has 0 aliphatic heterocycles. The average molecular weight is 492 g/mol. The lowest BCUT2D eigenvalue weighted by Gasteiger charge is -2.20. The first-order valence-corrected chi connectivity index (χ1v) is 11.5. The number of aromatic amines is 1. The number of esters is 1. The molecular formula is C25H26FN7O3. The Kier molecular flexibility index (Phi) is 7.79. The Morgan fingerprint density at radius 3 is 2.58 bits per heavy atom. The molecule has 4 aromatic rings. The third-order valence-corrected chi connectivity index (χ3v) is 5.73. The summed E-state index contributed by atoms with van der Waals surface area (Å²) in [6.45, 7) is 2.34. The van der Waals surface area contributed by atoms with Crippen LogP contribution >= 0.6 is 0 Å². The van der Waals surface area contributed by atoms with E-state index in [2.05, 4.69) is 32.5 Å². The van der Waals surface area contributed by atoms with Crippen molar-refractivity contribution < 1.29 is 18.7 Å². The maximum atomic E-state index is 14.4. The molecule has 0 fully saturated rings. The van der Waals surface area contributed by atoms with Crippen molar-refractivity contribution in [3.05, 3.63) is 88.8 Å². The van der Waals surface area contributed by atoms with Crippen molar-refractivity contribution in [2.75, 3.05) is 12.0 Å². The molecule has 0 bridgehead atoms. The minimum atomic E-state index is -0.443. The van der Waals surface area contributed by atoms with E-state index in [0.29, 0.717) is 29.8 Å². The fourth-order valence-electron chi connectivity index (χ4n) is 3.78. The zero-order chi connectivity index (χ0) is 25.5. The molecule has 0 atom stereocenters. The summed E-state index contributed by atoms with van der Waals surface area (Å²) in [7, 11) is 1.33. The Morgan fingerprint density at radius 1 is 1.14 bits per heavy atom. The first-order chi connectivity index (χ1) is 17.5. The van der Waals surface area contributed by atoms with E-state index < -0.39 is 17.7 Å². The van der Waals surface area contributed by atoms with Crippen LogP contribution in [0, 0.1) is 5.82 Å². The zero-order valence-electron chi connectivity index (χ0n) is 20.0. The number of halogens is 1. The molecule has 0 spiro atoms. The summed E-state index contributed by atoms with van der Waals surface area (Å²) in [5, 5.41) is 13.8. The van der Waals surface area contributed by atoms with Crippen LogP contribution in [0.15, 0.2) is 54.7 Å². The van der Waals surface area contributed by atoms with Gasteiger partial charge in [0.2, 0.25) is 0 Å². The summed E-state index contributed by atoms with van der Waals surface area (Å²) in [5.74, 6) is -0.542. The molecule has 11 heteroatoms. The molecule has 4 rings (SSSR count). The minimum Gasteiger partial charge on any atom is -0.465 e. The monoisotopic (exact) mass is 491 g/mol. The van der Waals surface area contributed by atoms with Crippen molar-refractivity contribution in [3.8, 4) is 0 Å². The third kappa shape index (κ3) is 5.45. The highest BCUT2D eigenvalue weighted by Gasteiger charge is 2.27. The van der Waals surface area contributed by atoms with Crippen LogP contribution in [0.1, 0.15) is 57.6 Å². The average Bonchev–Trinajstić information content (AvgIpc) is 3.57. The van der Waals surface area contributed by atoms with Crippen LogP contribution in [0.4, 0.5) is 10.3 Å². The number of hydrogen-bond acceptors (Lipinski definition) is 7. The Balaban J connectivity index is 1.69. The molecule has 2 heterocycles. The van der Waals surface area contributed by atoms with Crippen LogP contribution in [0.25, 0.3) is 0 Å². The number of aryl methyl sites for hydroxylation is 1. The third-order valence-electron chi connectivity index (χ3n) is 5.73. The quantitative estimate of drug-likeness (QED) is 0.337. The minimum absolute atomic E-state index is 0.0218. The molecule has 36 heavy (non-hydrogen) atoms. The van der Waals surface area contributed by atoms with Gasteiger partial charge >= 0.3 is 5.97 Å². The first kappa shape index (κ1) is 24.7. The second-order valence-electron chi connectivity index (χ2n) is 8.13. The number of methoxy groups -OCH3 is 1. The molecule has 10 nitrogen and oxygen atoms in total. The Bertz CT molecular complexity index is 1320. The van der Waals surface area contributed by atoms with E-state index in [0.717, 1.165) is 24.2 Å². The summed E-state index contributed by atoms with van der Waals surface area (Å²) >= 11 is 0. The topological polar surface area (TPSA) is 119 Å². The molecule has 0 unspecified atom stereocenters. The van der Waals surface area contributed by atoms with Crippen molar-refractivity contribution in [2.24, 2.45) is 0 Å². The van der Waals surface area contributed by atoms with Gasteiger partial charge in [0.25, 0.3) is 11.9 Å². The van der Waals surface area contributed by atoms with Crippen LogP contribution in [-0.2, 0) is 24.2 Å². The van der Waals surface area contributed by atoms with Gasteiger partial charge in [0.1, 0.15) is 17.3 Å². The summed E-state index contributed by atoms with van der Waals surface area (Å²) in [5.41, 5.74) is 1.92. The summed E-state index contributed by atoms with van der Waals surface area (Å²) in [6.07, 6.45) is 4.06. The Labute approximate surface area is 207 Å². The van der Waals surface area contributed by atoms with Crippen LogP contribution in [0.5, 0.6) is 0 Å². The molecule has 1 N–H and O–H groups in total. The highest BCUT2D eigenvalue weighted by atomic mass is 19.1. The number of unbranched alkanes of at least 4 members (excludes halogenated alkanes) is 1. The number of nitrogens with zero attached hydrogens (tertiary/aromatic N) is 6. The van der Waals surface area contributed by atoms with Gasteiger partial charge in [0, 0.05) is 18.5 Å². The lowest BCUT2D eigenvalue weighted by Crippen LogP contribution is -2.33. The number of aromatic nitrogens is 6. The van der Waals surface area contributed by atoms with Gasteiger partial charge in [-0.05, 0) is 35.4 Å². The van der Waals surface area contributed by atoms with E-state index in [1.54, 1.807) is 42.5 Å². The molecule has 1 amide bonds. The molecule has 186 valence electrons. The van der Waals surface area contributed by atoms with Gasteiger partial charge in [-0.3, -0.25) is 9.69 Å². The van der Waals surface area contributed by atoms with E-state index in [9.17, 15) is 14.0 Å². The molecule has 0 aliphatic carbocycles. The van der Waals surface area contributed by atoms with E-state index in [1.807, 2.05) is 4.57 Å². The van der Waals surface area contributed by atoms with Crippen LogP contribution < -0.4 is 4.90 Å². The van der Waals surface area contributed by atoms with Crippen LogP contribution in [0.2, 0.25) is 0 Å². The number of carbonyl (C=O) groups is 2. The van der Waals surface area contributed by atoms with Gasteiger partial charge in [0.15, 0.2) is 0 Å². The number of benzene rings is 2.